The Morgan fingerprint density at radius 2 is 1.76 bits per heavy atom. The number of carbonyl (C=O) groups is 1. The SMILES string of the molecule is C/C(=N\NC(=O)c1ccccc1O)c1c(O)n(-c2ccc(Cl)cc2)c(=O)[nH]c1=O. The molecule has 0 unspecified atom stereocenters. The number of halogens is 1. The second-order valence-corrected chi connectivity index (χ2v) is 6.36. The van der Waals surface area contributed by atoms with Crippen LogP contribution in [-0.4, -0.2) is 31.4 Å². The number of hydrazone groups is 1. The van der Waals surface area contributed by atoms with E-state index in [2.05, 4.69) is 15.5 Å². The number of carbonyl (C=O) groups excluding carboxylic acids is 1. The molecule has 0 spiro atoms. The molecule has 0 saturated carbocycles. The number of hydrogen-bond donors (Lipinski definition) is 4. The van der Waals surface area contributed by atoms with Crippen LogP contribution >= 0.6 is 11.6 Å². The summed E-state index contributed by atoms with van der Waals surface area (Å²) in [7, 11) is 0. The molecule has 3 rings (SSSR count). The summed E-state index contributed by atoms with van der Waals surface area (Å²) in [6.45, 7) is 1.37. The lowest BCUT2D eigenvalue weighted by molar-refractivity contribution is 0.0952. The molecule has 0 atom stereocenters. The van der Waals surface area contributed by atoms with Crippen LogP contribution in [0.25, 0.3) is 5.69 Å². The normalized spacial score (nSPS) is 11.3. The lowest BCUT2D eigenvalue weighted by atomic mass is 10.2. The number of amides is 1. The summed E-state index contributed by atoms with van der Waals surface area (Å²) in [5.74, 6) is -1.61. The van der Waals surface area contributed by atoms with Gasteiger partial charge in [0.05, 0.1) is 17.0 Å². The minimum Gasteiger partial charge on any atom is -0.507 e. The lowest BCUT2D eigenvalue weighted by Crippen LogP contribution is -2.33. The maximum absolute atomic E-state index is 12.2. The van der Waals surface area contributed by atoms with Gasteiger partial charge in [0.1, 0.15) is 11.3 Å². The van der Waals surface area contributed by atoms with Crippen LogP contribution < -0.4 is 16.7 Å². The Labute approximate surface area is 168 Å². The lowest BCUT2D eigenvalue weighted by Gasteiger charge is -2.11. The predicted octanol–water partition coefficient (Wildman–Crippen LogP) is 1.74. The van der Waals surface area contributed by atoms with Gasteiger partial charge in [0, 0.05) is 5.02 Å². The van der Waals surface area contributed by atoms with Crippen molar-refractivity contribution in [2.45, 2.75) is 6.92 Å². The molecule has 0 aliphatic carbocycles. The van der Waals surface area contributed by atoms with Gasteiger partial charge in [0.25, 0.3) is 11.5 Å². The minimum absolute atomic E-state index is 0.0201. The molecular formula is C19H15ClN4O5. The molecular weight excluding hydrogens is 400 g/mol. The molecule has 0 aliphatic heterocycles. The number of nitrogens with zero attached hydrogens (tertiary/aromatic N) is 2. The standard InChI is InChI=1S/C19H15ClN4O5/c1-10(22-23-16(26)13-4-2-3-5-14(13)25)15-17(27)21-19(29)24(18(15)28)12-8-6-11(20)7-9-12/h2-9,25,28H,1H3,(H,23,26)(H,21,27,29)/b22-10+. The summed E-state index contributed by atoms with van der Waals surface area (Å²) in [6.07, 6.45) is 0. The summed E-state index contributed by atoms with van der Waals surface area (Å²) in [5.41, 5.74) is 0.334. The number of nitrogens with one attached hydrogen (secondary N) is 2. The van der Waals surface area contributed by atoms with Crippen molar-refractivity contribution in [1.29, 1.82) is 0 Å². The van der Waals surface area contributed by atoms with Crippen LogP contribution in [0.3, 0.4) is 0 Å². The number of para-hydroxylation sites is 1. The van der Waals surface area contributed by atoms with E-state index < -0.39 is 23.0 Å². The molecule has 0 radical (unpaired) electrons. The monoisotopic (exact) mass is 414 g/mol. The molecule has 29 heavy (non-hydrogen) atoms. The number of phenolic OH excluding ortho intramolecular Hbond substituents is 1. The third-order valence-corrected chi connectivity index (χ3v) is 4.26. The Bertz CT molecular complexity index is 1230. The predicted molar refractivity (Wildman–Crippen MR) is 107 cm³/mol. The zero-order valence-electron chi connectivity index (χ0n) is 15.0. The van der Waals surface area contributed by atoms with Crippen molar-refractivity contribution < 1.29 is 15.0 Å². The number of aromatic amines is 1. The van der Waals surface area contributed by atoms with Crippen molar-refractivity contribution in [2.75, 3.05) is 0 Å². The number of H-pyrrole nitrogens is 1. The third-order valence-electron chi connectivity index (χ3n) is 4.01. The van der Waals surface area contributed by atoms with Gasteiger partial charge in [-0.1, -0.05) is 23.7 Å². The molecule has 4 N–H and O–H groups in total. The summed E-state index contributed by atoms with van der Waals surface area (Å²) >= 11 is 5.83. The van der Waals surface area contributed by atoms with E-state index in [1.54, 1.807) is 12.1 Å². The molecule has 1 heterocycles. The van der Waals surface area contributed by atoms with E-state index in [0.717, 1.165) is 4.57 Å². The highest BCUT2D eigenvalue weighted by Crippen LogP contribution is 2.19. The fourth-order valence-corrected chi connectivity index (χ4v) is 2.72. The fourth-order valence-electron chi connectivity index (χ4n) is 2.60. The first kappa shape index (κ1) is 19.9. The van der Waals surface area contributed by atoms with Gasteiger partial charge in [0.15, 0.2) is 0 Å². The average molecular weight is 415 g/mol. The number of hydrogen-bond acceptors (Lipinski definition) is 6. The highest BCUT2D eigenvalue weighted by atomic mass is 35.5. The van der Waals surface area contributed by atoms with E-state index in [0.29, 0.717) is 5.02 Å². The van der Waals surface area contributed by atoms with E-state index >= 15 is 0 Å². The second kappa shape index (κ2) is 8.03. The second-order valence-electron chi connectivity index (χ2n) is 5.93. The van der Waals surface area contributed by atoms with Gasteiger partial charge >= 0.3 is 5.69 Å². The molecule has 10 heteroatoms. The first-order chi connectivity index (χ1) is 13.8. The molecule has 2 aromatic carbocycles. The van der Waals surface area contributed by atoms with Gasteiger partial charge in [-0.25, -0.2) is 14.8 Å². The van der Waals surface area contributed by atoms with E-state index in [9.17, 15) is 24.6 Å². The van der Waals surface area contributed by atoms with Crippen molar-refractivity contribution in [2.24, 2.45) is 5.10 Å². The fraction of sp³-hybridized carbons (Fsp3) is 0.0526. The molecule has 1 amide bonds. The molecule has 0 aliphatic rings. The van der Waals surface area contributed by atoms with Crippen LogP contribution in [-0.2, 0) is 0 Å². The first-order valence-electron chi connectivity index (χ1n) is 8.27. The summed E-state index contributed by atoms with van der Waals surface area (Å²) in [6, 6.07) is 11.8. The average Bonchev–Trinajstić information content (AvgIpc) is 2.67. The first-order valence-corrected chi connectivity index (χ1v) is 8.64. The summed E-state index contributed by atoms with van der Waals surface area (Å²) in [4.78, 5) is 38.7. The van der Waals surface area contributed by atoms with Crippen molar-refractivity contribution >= 4 is 23.2 Å². The Morgan fingerprint density at radius 3 is 2.41 bits per heavy atom. The van der Waals surface area contributed by atoms with Crippen molar-refractivity contribution in [3.63, 3.8) is 0 Å². The summed E-state index contributed by atoms with van der Waals surface area (Å²) < 4.78 is 0.872. The van der Waals surface area contributed by atoms with E-state index in [1.807, 2.05) is 0 Å². The van der Waals surface area contributed by atoms with Crippen molar-refractivity contribution in [1.82, 2.24) is 15.0 Å². The van der Waals surface area contributed by atoms with Crippen LogP contribution in [0.15, 0.2) is 63.2 Å². The van der Waals surface area contributed by atoms with Crippen LogP contribution in [0.5, 0.6) is 11.6 Å². The molecule has 9 nitrogen and oxygen atoms in total. The Kier molecular flexibility index (Phi) is 5.51. The summed E-state index contributed by atoms with van der Waals surface area (Å²) in [5, 5.41) is 24.5. The van der Waals surface area contributed by atoms with Gasteiger partial charge in [-0.2, -0.15) is 5.10 Å². The number of aromatic nitrogens is 2. The van der Waals surface area contributed by atoms with Crippen LogP contribution in [0, 0.1) is 0 Å². The third kappa shape index (κ3) is 4.04. The van der Waals surface area contributed by atoms with Crippen molar-refractivity contribution in [3.05, 3.63) is 85.5 Å². The zero-order valence-corrected chi connectivity index (χ0v) is 15.8. The molecule has 0 fully saturated rings. The highest BCUT2D eigenvalue weighted by molar-refractivity contribution is 6.30. The van der Waals surface area contributed by atoms with E-state index in [1.165, 1.54) is 43.3 Å². The molecule has 1 aromatic heterocycles. The Morgan fingerprint density at radius 1 is 1.10 bits per heavy atom. The topological polar surface area (TPSA) is 137 Å². The number of phenols is 1. The van der Waals surface area contributed by atoms with Crippen LogP contribution in [0.4, 0.5) is 0 Å². The smallest absolute Gasteiger partial charge is 0.335 e. The van der Waals surface area contributed by atoms with Gasteiger partial charge in [-0.3, -0.25) is 14.6 Å². The molecule has 0 bridgehead atoms. The number of rotatable bonds is 4. The van der Waals surface area contributed by atoms with Gasteiger partial charge < -0.3 is 10.2 Å². The van der Waals surface area contributed by atoms with E-state index in [-0.39, 0.29) is 28.3 Å². The van der Waals surface area contributed by atoms with Crippen LogP contribution in [0.2, 0.25) is 5.02 Å². The Hall–Kier alpha value is -3.85. The number of aromatic hydroxyl groups is 2. The quantitative estimate of drug-likeness (QED) is 0.380. The minimum atomic E-state index is -0.879. The van der Waals surface area contributed by atoms with Gasteiger partial charge in [-0.15, -0.1) is 0 Å². The van der Waals surface area contributed by atoms with Gasteiger partial charge in [-0.05, 0) is 43.3 Å². The maximum Gasteiger partial charge on any atom is 0.335 e. The van der Waals surface area contributed by atoms with Gasteiger partial charge in [0.2, 0.25) is 5.88 Å². The highest BCUT2D eigenvalue weighted by Gasteiger charge is 2.18. The molecule has 148 valence electrons. The van der Waals surface area contributed by atoms with Crippen LogP contribution in [0.1, 0.15) is 22.8 Å². The van der Waals surface area contributed by atoms with Crippen molar-refractivity contribution in [3.8, 4) is 17.3 Å². The number of benzene rings is 2. The zero-order chi connectivity index (χ0) is 21.1. The largest absolute Gasteiger partial charge is 0.507 e. The molecule has 0 saturated heterocycles. The Balaban J connectivity index is 2.01. The maximum atomic E-state index is 12.2. The van der Waals surface area contributed by atoms with E-state index in [4.69, 9.17) is 11.6 Å². The molecule has 3 aromatic rings.